The van der Waals surface area contributed by atoms with Crippen molar-refractivity contribution in [2.24, 2.45) is 0 Å². The maximum atomic E-state index is 11.9. The smallest absolute Gasteiger partial charge is 0.246 e. The average molecular weight is 365 g/mol. The monoisotopic (exact) mass is 365 g/mol. The quantitative estimate of drug-likeness (QED) is 0.503. The number of hydrogen-bond donors (Lipinski definition) is 3. The van der Waals surface area contributed by atoms with E-state index in [9.17, 15) is 9.90 Å². The number of carbonyl (C=O) groups excluding carboxylic acids is 1. The predicted octanol–water partition coefficient (Wildman–Crippen LogP) is 1.78. The first kappa shape index (κ1) is 18.8. The van der Waals surface area contributed by atoms with Crippen LogP contribution in [0.3, 0.4) is 0 Å². The number of benzene rings is 2. The zero-order valence-electron chi connectivity index (χ0n) is 15.0. The molecule has 0 aliphatic rings. The molecule has 1 unspecified atom stereocenters. The third-order valence-corrected chi connectivity index (χ3v) is 4.12. The van der Waals surface area contributed by atoms with E-state index in [0.29, 0.717) is 6.54 Å². The third kappa shape index (κ3) is 6.02. The van der Waals surface area contributed by atoms with E-state index in [1.54, 1.807) is 0 Å². The molecule has 1 heterocycles. The van der Waals surface area contributed by atoms with Crippen LogP contribution < -0.4 is 10.6 Å². The molecule has 1 atom stereocenters. The minimum absolute atomic E-state index is 0.134. The topological polar surface area (TPSA) is 92.1 Å². The van der Waals surface area contributed by atoms with Crippen molar-refractivity contribution >= 4 is 11.6 Å². The molecule has 0 saturated heterocycles. The first-order valence-electron chi connectivity index (χ1n) is 8.85. The molecule has 7 nitrogen and oxygen atoms in total. The van der Waals surface area contributed by atoms with Crippen molar-refractivity contribution in [1.82, 2.24) is 20.1 Å². The molecule has 3 aromatic rings. The van der Waals surface area contributed by atoms with E-state index in [1.807, 2.05) is 54.6 Å². The second kappa shape index (κ2) is 9.61. The van der Waals surface area contributed by atoms with Crippen molar-refractivity contribution in [3.05, 3.63) is 78.4 Å². The van der Waals surface area contributed by atoms with Crippen LogP contribution in [0.2, 0.25) is 0 Å². The molecule has 0 saturated carbocycles. The van der Waals surface area contributed by atoms with Crippen molar-refractivity contribution in [3.63, 3.8) is 0 Å². The zero-order valence-corrected chi connectivity index (χ0v) is 15.0. The molecule has 2 aromatic carbocycles. The Kier molecular flexibility index (Phi) is 6.67. The number of nitrogens with one attached hydrogen (secondary N) is 2. The molecule has 0 bridgehead atoms. The molecule has 7 heteroatoms. The van der Waals surface area contributed by atoms with E-state index in [2.05, 4.69) is 20.7 Å². The molecule has 3 N–H and O–H groups in total. The zero-order chi connectivity index (χ0) is 18.9. The number of amides is 1. The van der Waals surface area contributed by atoms with Gasteiger partial charge in [-0.05, 0) is 36.2 Å². The second-order valence-corrected chi connectivity index (χ2v) is 6.22. The maximum Gasteiger partial charge on any atom is 0.246 e. The van der Waals surface area contributed by atoms with E-state index >= 15 is 0 Å². The van der Waals surface area contributed by atoms with Gasteiger partial charge in [0.15, 0.2) is 0 Å². The highest BCUT2D eigenvalue weighted by atomic mass is 16.3. The highest BCUT2D eigenvalue weighted by Crippen LogP contribution is 2.12. The fraction of sp³-hybridized carbons (Fsp3) is 0.250. The van der Waals surface area contributed by atoms with Gasteiger partial charge in [-0.3, -0.25) is 4.79 Å². The second-order valence-electron chi connectivity index (χ2n) is 6.22. The summed E-state index contributed by atoms with van der Waals surface area (Å²) in [5.74, 6) is -0.148. The summed E-state index contributed by atoms with van der Waals surface area (Å²) in [6, 6.07) is 17.4. The van der Waals surface area contributed by atoms with E-state index in [4.69, 9.17) is 0 Å². The Morgan fingerprint density at radius 2 is 1.89 bits per heavy atom. The van der Waals surface area contributed by atoms with Crippen molar-refractivity contribution in [2.45, 2.75) is 19.1 Å². The minimum Gasteiger partial charge on any atom is -0.387 e. The molecule has 1 aromatic heterocycles. The molecule has 3 rings (SSSR count). The highest BCUT2D eigenvalue weighted by Gasteiger charge is 2.06. The van der Waals surface area contributed by atoms with Crippen LogP contribution in [-0.4, -0.2) is 38.9 Å². The van der Waals surface area contributed by atoms with Gasteiger partial charge < -0.3 is 15.7 Å². The minimum atomic E-state index is -0.506. The Morgan fingerprint density at radius 3 is 2.59 bits per heavy atom. The number of aliphatic hydroxyl groups excluding tert-OH is 1. The molecule has 27 heavy (non-hydrogen) atoms. The van der Waals surface area contributed by atoms with Crippen LogP contribution in [0.5, 0.6) is 0 Å². The lowest BCUT2D eigenvalue weighted by Crippen LogP contribution is -2.23. The SMILES string of the molecule is O=C(Cn1cncn1)Nc1ccc(CCNCC(O)c2ccccc2)cc1. The summed E-state index contributed by atoms with van der Waals surface area (Å²) >= 11 is 0. The largest absolute Gasteiger partial charge is 0.387 e. The van der Waals surface area contributed by atoms with Gasteiger partial charge in [-0.15, -0.1) is 0 Å². The summed E-state index contributed by atoms with van der Waals surface area (Å²) < 4.78 is 1.47. The molecule has 0 aliphatic heterocycles. The lowest BCUT2D eigenvalue weighted by Gasteiger charge is -2.12. The average Bonchev–Trinajstić information content (AvgIpc) is 3.20. The standard InChI is InChI=1S/C20H23N5O2/c26-19(17-4-2-1-3-5-17)12-21-11-10-16-6-8-18(9-7-16)24-20(27)13-25-15-22-14-23-25/h1-9,14-15,19,21,26H,10-13H2,(H,24,27). The summed E-state index contributed by atoms with van der Waals surface area (Å²) in [5, 5.41) is 20.1. The Labute approximate surface area is 158 Å². The van der Waals surface area contributed by atoms with E-state index in [0.717, 1.165) is 29.8 Å². The Morgan fingerprint density at radius 1 is 1.11 bits per heavy atom. The fourth-order valence-corrected chi connectivity index (χ4v) is 2.68. The van der Waals surface area contributed by atoms with Crippen LogP contribution in [-0.2, 0) is 17.8 Å². The molecule has 0 radical (unpaired) electrons. The first-order chi connectivity index (χ1) is 13.2. The van der Waals surface area contributed by atoms with Gasteiger partial charge in [0, 0.05) is 12.2 Å². The molecule has 0 aliphatic carbocycles. The number of aliphatic hydroxyl groups is 1. The number of aromatic nitrogens is 3. The summed E-state index contributed by atoms with van der Waals surface area (Å²) in [5.41, 5.74) is 2.82. The molecule has 140 valence electrons. The van der Waals surface area contributed by atoms with Crippen LogP contribution in [0.15, 0.2) is 67.3 Å². The van der Waals surface area contributed by atoms with Crippen LogP contribution >= 0.6 is 0 Å². The van der Waals surface area contributed by atoms with Crippen LogP contribution in [0.25, 0.3) is 0 Å². The van der Waals surface area contributed by atoms with E-state index < -0.39 is 6.10 Å². The number of carbonyl (C=O) groups is 1. The third-order valence-electron chi connectivity index (χ3n) is 4.12. The van der Waals surface area contributed by atoms with Crippen molar-refractivity contribution in [2.75, 3.05) is 18.4 Å². The van der Waals surface area contributed by atoms with Gasteiger partial charge in [0.2, 0.25) is 5.91 Å². The van der Waals surface area contributed by atoms with Crippen LogP contribution in [0.1, 0.15) is 17.2 Å². The summed E-state index contributed by atoms with van der Waals surface area (Å²) in [6.45, 7) is 1.41. The Bertz CT molecular complexity index is 819. The van der Waals surface area contributed by atoms with Gasteiger partial charge >= 0.3 is 0 Å². The van der Waals surface area contributed by atoms with Crippen molar-refractivity contribution < 1.29 is 9.90 Å². The van der Waals surface area contributed by atoms with Gasteiger partial charge in [0.1, 0.15) is 19.2 Å². The van der Waals surface area contributed by atoms with Crippen molar-refractivity contribution in [3.8, 4) is 0 Å². The van der Waals surface area contributed by atoms with Gasteiger partial charge in [-0.1, -0.05) is 42.5 Å². The van der Waals surface area contributed by atoms with Gasteiger partial charge in [-0.25, -0.2) is 9.67 Å². The number of nitrogens with zero attached hydrogens (tertiary/aromatic N) is 3. The number of rotatable bonds is 9. The fourth-order valence-electron chi connectivity index (χ4n) is 2.68. The van der Waals surface area contributed by atoms with Crippen LogP contribution in [0.4, 0.5) is 5.69 Å². The Balaban J connectivity index is 1.38. The summed E-state index contributed by atoms with van der Waals surface area (Å²) in [6.07, 6.45) is 3.24. The number of anilines is 1. The van der Waals surface area contributed by atoms with Gasteiger partial charge in [-0.2, -0.15) is 5.10 Å². The van der Waals surface area contributed by atoms with Gasteiger partial charge in [0.05, 0.1) is 6.10 Å². The predicted molar refractivity (Wildman–Crippen MR) is 103 cm³/mol. The summed E-state index contributed by atoms with van der Waals surface area (Å²) in [4.78, 5) is 15.7. The Hall–Kier alpha value is -3.03. The summed E-state index contributed by atoms with van der Waals surface area (Å²) in [7, 11) is 0. The van der Waals surface area contributed by atoms with Crippen LogP contribution in [0, 0.1) is 0 Å². The van der Waals surface area contributed by atoms with Gasteiger partial charge in [0.25, 0.3) is 0 Å². The lowest BCUT2D eigenvalue weighted by atomic mass is 10.1. The lowest BCUT2D eigenvalue weighted by molar-refractivity contribution is -0.116. The van der Waals surface area contributed by atoms with Crippen molar-refractivity contribution in [1.29, 1.82) is 0 Å². The maximum absolute atomic E-state index is 11.9. The van der Waals surface area contributed by atoms with E-state index in [-0.39, 0.29) is 12.5 Å². The molecule has 0 spiro atoms. The first-order valence-corrected chi connectivity index (χ1v) is 8.85. The molecular weight excluding hydrogens is 342 g/mol. The molecule has 1 amide bonds. The normalized spacial score (nSPS) is 11.9. The molecule has 0 fully saturated rings. The van der Waals surface area contributed by atoms with E-state index in [1.165, 1.54) is 17.3 Å². The highest BCUT2D eigenvalue weighted by molar-refractivity contribution is 5.90. The number of hydrogen-bond acceptors (Lipinski definition) is 5. The molecular formula is C20H23N5O2.